The van der Waals surface area contributed by atoms with Crippen LogP contribution < -0.4 is 0 Å². The van der Waals surface area contributed by atoms with Crippen LogP contribution in [-0.4, -0.2) is 31.3 Å². The van der Waals surface area contributed by atoms with Crippen molar-refractivity contribution in [3.63, 3.8) is 0 Å². The zero-order valence-corrected chi connectivity index (χ0v) is 13.5. The van der Waals surface area contributed by atoms with Gasteiger partial charge in [0.05, 0.1) is 9.90 Å². The van der Waals surface area contributed by atoms with Gasteiger partial charge < -0.3 is 0 Å². The van der Waals surface area contributed by atoms with Crippen LogP contribution in [0.2, 0.25) is 5.02 Å². The second-order valence-corrected chi connectivity index (χ2v) is 7.92. The molecule has 0 aliphatic rings. The standard InChI is InChI=1S/C13H15ClN2O2S2/c1-10(13-15-6-7-19-13)9-16(2)20(17,18)12-5-3-4-11(14)8-12/h3-8,10H,9H2,1-2H3/t10-/m1/s1. The molecule has 20 heavy (non-hydrogen) atoms. The Morgan fingerprint density at radius 3 is 2.80 bits per heavy atom. The summed E-state index contributed by atoms with van der Waals surface area (Å²) in [6, 6.07) is 6.29. The maximum Gasteiger partial charge on any atom is 0.242 e. The lowest BCUT2D eigenvalue weighted by Gasteiger charge is -2.20. The van der Waals surface area contributed by atoms with Gasteiger partial charge in [-0.2, -0.15) is 0 Å². The molecule has 1 atom stereocenters. The van der Waals surface area contributed by atoms with Crippen molar-refractivity contribution in [1.29, 1.82) is 0 Å². The topological polar surface area (TPSA) is 50.3 Å². The predicted molar refractivity (Wildman–Crippen MR) is 81.8 cm³/mol. The van der Waals surface area contributed by atoms with Gasteiger partial charge in [0.15, 0.2) is 0 Å². The average molecular weight is 331 g/mol. The lowest BCUT2D eigenvalue weighted by molar-refractivity contribution is 0.446. The summed E-state index contributed by atoms with van der Waals surface area (Å²) in [5.74, 6) is 0.0500. The summed E-state index contributed by atoms with van der Waals surface area (Å²) in [5, 5.41) is 3.22. The van der Waals surface area contributed by atoms with Crippen LogP contribution in [0.5, 0.6) is 0 Å². The molecule has 1 aromatic heterocycles. The summed E-state index contributed by atoms with van der Waals surface area (Å²) < 4.78 is 26.2. The van der Waals surface area contributed by atoms with Crippen LogP contribution in [0.25, 0.3) is 0 Å². The van der Waals surface area contributed by atoms with Gasteiger partial charge in [-0.1, -0.05) is 24.6 Å². The first kappa shape index (κ1) is 15.4. The highest BCUT2D eigenvalue weighted by Crippen LogP contribution is 2.23. The molecule has 0 spiro atoms. The molecule has 0 unspecified atom stereocenters. The summed E-state index contributed by atoms with van der Waals surface area (Å²) in [6.07, 6.45) is 1.72. The third-order valence-electron chi connectivity index (χ3n) is 2.91. The Bertz CT molecular complexity index is 671. The second kappa shape index (κ2) is 6.22. The number of benzene rings is 1. The number of hydrogen-bond donors (Lipinski definition) is 0. The van der Waals surface area contributed by atoms with Gasteiger partial charge in [0, 0.05) is 36.1 Å². The van der Waals surface area contributed by atoms with Crippen molar-refractivity contribution in [2.45, 2.75) is 17.7 Å². The molecule has 4 nitrogen and oxygen atoms in total. The van der Waals surface area contributed by atoms with Gasteiger partial charge in [0.25, 0.3) is 0 Å². The van der Waals surface area contributed by atoms with E-state index >= 15 is 0 Å². The van der Waals surface area contributed by atoms with Crippen LogP contribution in [0.3, 0.4) is 0 Å². The van der Waals surface area contributed by atoms with E-state index in [1.165, 1.54) is 21.7 Å². The van der Waals surface area contributed by atoms with Crippen molar-refractivity contribution >= 4 is 33.0 Å². The first-order chi connectivity index (χ1) is 9.41. The maximum absolute atomic E-state index is 12.4. The van der Waals surface area contributed by atoms with Crippen LogP contribution in [0.1, 0.15) is 17.8 Å². The summed E-state index contributed by atoms with van der Waals surface area (Å²) in [4.78, 5) is 4.42. The number of aromatic nitrogens is 1. The SMILES string of the molecule is C[C@H](CN(C)S(=O)(=O)c1cccc(Cl)c1)c1nccs1. The zero-order chi connectivity index (χ0) is 14.8. The minimum Gasteiger partial charge on any atom is -0.249 e. The van der Waals surface area contributed by atoms with Crippen LogP contribution in [0.15, 0.2) is 40.7 Å². The molecule has 108 valence electrons. The number of thiazole rings is 1. The number of hydrogen-bond acceptors (Lipinski definition) is 4. The summed E-state index contributed by atoms with van der Waals surface area (Å²) >= 11 is 7.38. The van der Waals surface area contributed by atoms with Crippen LogP contribution in [0.4, 0.5) is 0 Å². The van der Waals surface area contributed by atoms with Crippen molar-refractivity contribution in [3.05, 3.63) is 45.9 Å². The molecule has 7 heteroatoms. The van der Waals surface area contributed by atoms with E-state index < -0.39 is 10.0 Å². The minimum absolute atomic E-state index is 0.0500. The Balaban J connectivity index is 2.17. The van der Waals surface area contributed by atoms with E-state index in [0.29, 0.717) is 11.6 Å². The monoisotopic (exact) mass is 330 g/mol. The summed E-state index contributed by atoms with van der Waals surface area (Å²) in [5.41, 5.74) is 0. The normalized spacial score (nSPS) is 13.6. The van der Waals surface area contributed by atoms with Crippen LogP contribution >= 0.6 is 22.9 Å². The molecular formula is C13H15ClN2O2S2. The van der Waals surface area contributed by atoms with E-state index in [1.807, 2.05) is 12.3 Å². The molecule has 0 amide bonds. The highest BCUT2D eigenvalue weighted by molar-refractivity contribution is 7.89. The number of sulfonamides is 1. The maximum atomic E-state index is 12.4. The molecule has 1 heterocycles. The van der Waals surface area contributed by atoms with Crippen molar-refractivity contribution in [2.75, 3.05) is 13.6 Å². The van der Waals surface area contributed by atoms with Gasteiger partial charge in [0.1, 0.15) is 0 Å². The first-order valence-electron chi connectivity index (χ1n) is 6.02. The molecule has 0 N–H and O–H groups in total. The molecule has 0 aliphatic heterocycles. The van der Waals surface area contributed by atoms with Crippen molar-refractivity contribution in [1.82, 2.24) is 9.29 Å². The van der Waals surface area contributed by atoms with Crippen LogP contribution in [0, 0.1) is 0 Å². The Morgan fingerprint density at radius 2 is 2.20 bits per heavy atom. The second-order valence-electron chi connectivity index (χ2n) is 4.51. The Kier molecular flexibility index (Phi) is 4.80. The van der Waals surface area contributed by atoms with E-state index in [-0.39, 0.29) is 10.8 Å². The number of rotatable bonds is 5. The fourth-order valence-corrected chi connectivity index (χ4v) is 4.10. The highest BCUT2D eigenvalue weighted by Gasteiger charge is 2.23. The Morgan fingerprint density at radius 1 is 1.45 bits per heavy atom. The molecule has 0 saturated heterocycles. The molecule has 0 radical (unpaired) electrons. The highest BCUT2D eigenvalue weighted by atomic mass is 35.5. The van der Waals surface area contributed by atoms with E-state index in [0.717, 1.165) is 5.01 Å². The van der Waals surface area contributed by atoms with E-state index in [4.69, 9.17) is 11.6 Å². The van der Waals surface area contributed by atoms with Crippen LogP contribution in [-0.2, 0) is 10.0 Å². The molecule has 0 saturated carbocycles. The molecule has 2 rings (SSSR count). The lowest BCUT2D eigenvalue weighted by atomic mass is 10.2. The molecule has 0 aliphatic carbocycles. The zero-order valence-electron chi connectivity index (χ0n) is 11.2. The van der Waals surface area contributed by atoms with Gasteiger partial charge in [-0.05, 0) is 18.2 Å². The molecule has 0 bridgehead atoms. The molecular weight excluding hydrogens is 316 g/mol. The number of likely N-dealkylation sites (N-methyl/N-ethyl adjacent to an activating group) is 1. The average Bonchev–Trinajstić information content (AvgIpc) is 2.92. The number of halogens is 1. The van der Waals surface area contributed by atoms with Gasteiger partial charge in [0.2, 0.25) is 10.0 Å². The fourth-order valence-electron chi connectivity index (χ4n) is 1.85. The van der Waals surface area contributed by atoms with Gasteiger partial charge in [-0.25, -0.2) is 17.7 Å². The number of nitrogens with zero attached hydrogens (tertiary/aromatic N) is 2. The smallest absolute Gasteiger partial charge is 0.242 e. The third kappa shape index (κ3) is 3.38. The predicted octanol–water partition coefficient (Wildman–Crippen LogP) is 3.22. The van der Waals surface area contributed by atoms with E-state index in [1.54, 1.807) is 31.4 Å². The lowest BCUT2D eigenvalue weighted by Crippen LogP contribution is -2.30. The van der Waals surface area contributed by atoms with Crippen molar-refractivity contribution in [2.24, 2.45) is 0 Å². The van der Waals surface area contributed by atoms with Gasteiger partial charge in [-0.3, -0.25) is 0 Å². The molecule has 2 aromatic rings. The van der Waals surface area contributed by atoms with E-state index in [9.17, 15) is 8.42 Å². The van der Waals surface area contributed by atoms with E-state index in [2.05, 4.69) is 4.98 Å². The fraction of sp³-hybridized carbons (Fsp3) is 0.308. The largest absolute Gasteiger partial charge is 0.249 e. The molecule has 0 fully saturated rings. The third-order valence-corrected chi connectivity index (χ3v) is 5.97. The quantitative estimate of drug-likeness (QED) is 0.845. The first-order valence-corrected chi connectivity index (χ1v) is 8.72. The Hall–Kier alpha value is -0.950. The molecule has 1 aromatic carbocycles. The summed E-state index contributed by atoms with van der Waals surface area (Å²) in [6.45, 7) is 2.34. The minimum atomic E-state index is -3.52. The van der Waals surface area contributed by atoms with Crippen molar-refractivity contribution < 1.29 is 8.42 Å². The summed E-state index contributed by atoms with van der Waals surface area (Å²) in [7, 11) is -1.95. The van der Waals surface area contributed by atoms with Gasteiger partial charge in [-0.15, -0.1) is 11.3 Å². The van der Waals surface area contributed by atoms with Gasteiger partial charge >= 0.3 is 0 Å². The van der Waals surface area contributed by atoms with Crippen molar-refractivity contribution in [3.8, 4) is 0 Å². The Labute approximate surface area is 128 Å².